The van der Waals surface area contributed by atoms with Gasteiger partial charge in [-0.3, -0.25) is 0 Å². The lowest BCUT2D eigenvalue weighted by Crippen LogP contribution is -2.34. The van der Waals surface area contributed by atoms with E-state index in [0.29, 0.717) is 23.2 Å². The first-order valence-electron chi connectivity index (χ1n) is 7.57. The molecule has 1 aliphatic rings. The molecule has 2 N–H and O–H groups in total. The summed E-state index contributed by atoms with van der Waals surface area (Å²) >= 11 is 0. The molecule has 0 heterocycles. The number of nitrogens with zero attached hydrogens (tertiary/aromatic N) is 1. The summed E-state index contributed by atoms with van der Waals surface area (Å²) < 4.78 is 27.5. The quantitative estimate of drug-likeness (QED) is 0.731. The molecular formula is C15H25N3O2S. The van der Waals surface area contributed by atoms with Gasteiger partial charge in [-0.25, -0.2) is 13.1 Å². The van der Waals surface area contributed by atoms with Crippen molar-refractivity contribution in [2.45, 2.75) is 37.1 Å². The lowest BCUT2D eigenvalue weighted by molar-refractivity contribution is 0.329. The Morgan fingerprint density at radius 1 is 1.24 bits per heavy atom. The van der Waals surface area contributed by atoms with Crippen molar-refractivity contribution < 1.29 is 8.42 Å². The number of anilines is 1. The van der Waals surface area contributed by atoms with Gasteiger partial charge >= 0.3 is 0 Å². The Kier molecular flexibility index (Phi) is 5.61. The third-order valence-electron chi connectivity index (χ3n) is 3.67. The van der Waals surface area contributed by atoms with Gasteiger partial charge in [-0.2, -0.15) is 0 Å². The van der Waals surface area contributed by atoms with Crippen LogP contribution in [0.4, 0.5) is 5.69 Å². The molecule has 0 spiro atoms. The van der Waals surface area contributed by atoms with Crippen molar-refractivity contribution in [1.82, 2.24) is 9.62 Å². The fourth-order valence-corrected chi connectivity index (χ4v) is 3.44. The van der Waals surface area contributed by atoms with E-state index >= 15 is 0 Å². The molecule has 1 fully saturated rings. The van der Waals surface area contributed by atoms with E-state index in [0.717, 1.165) is 19.5 Å². The SMILES string of the molecule is CCCNc1ccccc1S(=O)(=O)NCCN(C)C1CC1. The van der Waals surface area contributed by atoms with E-state index in [1.807, 2.05) is 13.1 Å². The molecule has 0 radical (unpaired) electrons. The number of sulfonamides is 1. The number of likely N-dealkylation sites (N-methyl/N-ethyl adjacent to an activating group) is 1. The standard InChI is InChI=1S/C15H25N3O2S/c1-3-10-16-14-6-4-5-7-15(14)21(19,20)17-11-12-18(2)13-8-9-13/h4-7,13,16-17H,3,8-12H2,1-2H3. The monoisotopic (exact) mass is 311 g/mol. The Morgan fingerprint density at radius 2 is 1.95 bits per heavy atom. The zero-order valence-electron chi connectivity index (χ0n) is 12.8. The molecule has 6 heteroatoms. The Morgan fingerprint density at radius 3 is 2.62 bits per heavy atom. The molecule has 0 atom stereocenters. The van der Waals surface area contributed by atoms with E-state index in [4.69, 9.17) is 0 Å². The maximum Gasteiger partial charge on any atom is 0.242 e. The fraction of sp³-hybridized carbons (Fsp3) is 0.600. The molecule has 118 valence electrons. The van der Waals surface area contributed by atoms with Gasteiger partial charge in [0.1, 0.15) is 4.90 Å². The van der Waals surface area contributed by atoms with Gasteiger partial charge in [0, 0.05) is 25.7 Å². The maximum atomic E-state index is 12.4. The molecule has 1 saturated carbocycles. The second-order valence-electron chi connectivity index (χ2n) is 5.53. The van der Waals surface area contributed by atoms with Crippen LogP contribution < -0.4 is 10.0 Å². The highest BCUT2D eigenvalue weighted by atomic mass is 32.2. The predicted molar refractivity (Wildman–Crippen MR) is 86.1 cm³/mol. The second-order valence-corrected chi connectivity index (χ2v) is 7.27. The van der Waals surface area contributed by atoms with Gasteiger partial charge in [0.05, 0.1) is 5.69 Å². The van der Waals surface area contributed by atoms with Crippen molar-refractivity contribution in [2.75, 3.05) is 32.0 Å². The first-order valence-corrected chi connectivity index (χ1v) is 9.05. The summed E-state index contributed by atoms with van der Waals surface area (Å²) in [5.41, 5.74) is 0.669. The van der Waals surface area contributed by atoms with Crippen molar-refractivity contribution in [2.24, 2.45) is 0 Å². The highest BCUT2D eigenvalue weighted by Crippen LogP contribution is 2.25. The second kappa shape index (κ2) is 7.24. The van der Waals surface area contributed by atoms with Gasteiger partial charge in [0.2, 0.25) is 10.0 Å². The Labute approximate surface area is 127 Å². The molecule has 1 aromatic rings. The normalized spacial score (nSPS) is 15.4. The van der Waals surface area contributed by atoms with Crippen molar-refractivity contribution in [3.63, 3.8) is 0 Å². The molecule has 0 amide bonds. The largest absolute Gasteiger partial charge is 0.384 e. The maximum absolute atomic E-state index is 12.4. The summed E-state index contributed by atoms with van der Waals surface area (Å²) in [5, 5.41) is 3.17. The number of rotatable bonds is 9. The van der Waals surface area contributed by atoms with Gasteiger partial charge in [-0.1, -0.05) is 19.1 Å². The van der Waals surface area contributed by atoms with Crippen LogP contribution >= 0.6 is 0 Å². The molecular weight excluding hydrogens is 286 g/mol. The van der Waals surface area contributed by atoms with Crippen molar-refractivity contribution in [3.8, 4) is 0 Å². The molecule has 21 heavy (non-hydrogen) atoms. The summed E-state index contributed by atoms with van der Waals surface area (Å²) in [6.07, 6.45) is 3.41. The van der Waals surface area contributed by atoms with Crippen LogP contribution in [0.2, 0.25) is 0 Å². The van der Waals surface area contributed by atoms with Crippen LogP contribution in [0.1, 0.15) is 26.2 Å². The third-order valence-corrected chi connectivity index (χ3v) is 5.19. The van der Waals surface area contributed by atoms with Gasteiger partial charge < -0.3 is 10.2 Å². The molecule has 0 bridgehead atoms. The topological polar surface area (TPSA) is 61.4 Å². The lowest BCUT2D eigenvalue weighted by Gasteiger charge is -2.17. The third kappa shape index (κ3) is 4.69. The van der Waals surface area contributed by atoms with Crippen molar-refractivity contribution in [3.05, 3.63) is 24.3 Å². The summed E-state index contributed by atoms with van der Waals surface area (Å²) in [6.45, 7) is 4.00. The minimum absolute atomic E-state index is 0.326. The number of nitrogens with one attached hydrogen (secondary N) is 2. The first kappa shape index (κ1) is 16.3. The van der Waals surface area contributed by atoms with Gasteiger partial charge in [0.25, 0.3) is 0 Å². The fourth-order valence-electron chi connectivity index (χ4n) is 2.24. The highest BCUT2D eigenvalue weighted by Gasteiger charge is 2.26. The van der Waals surface area contributed by atoms with E-state index in [9.17, 15) is 8.42 Å². The highest BCUT2D eigenvalue weighted by molar-refractivity contribution is 7.89. The number of benzene rings is 1. The molecule has 0 saturated heterocycles. The molecule has 5 nitrogen and oxygen atoms in total. The minimum Gasteiger partial charge on any atom is -0.384 e. The zero-order chi connectivity index (χ0) is 15.3. The molecule has 0 aromatic heterocycles. The molecule has 2 rings (SSSR count). The molecule has 1 aliphatic carbocycles. The summed E-state index contributed by atoms with van der Waals surface area (Å²) in [7, 11) is -1.42. The molecule has 0 aliphatic heterocycles. The van der Waals surface area contributed by atoms with Crippen LogP contribution in [0.5, 0.6) is 0 Å². The van der Waals surface area contributed by atoms with Crippen LogP contribution in [-0.4, -0.2) is 46.0 Å². The average molecular weight is 311 g/mol. The molecule has 0 unspecified atom stereocenters. The smallest absolute Gasteiger partial charge is 0.242 e. The lowest BCUT2D eigenvalue weighted by atomic mass is 10.3. The number of hydrogen-bond acceptors (Lipinski definition) is 4. The van der Waals surface area contributed by atoms with Gasteiger partial charge in [0.15, 0.2) is 0 Å². The van der Waals surface area contributed by atoms with Crippen LogP contribution in [0.3, 0.4) is 0 Å². The Hall–Kier alpha value is -1.11. The summed E-state index contributed by atoms with van der Waals surface area (Å²) in [6, 6.07) is 7.69. The average Bonchev–Trinajstić information content (AvgIpc) is 3.29. The van der Waals surface area contributed by atoms with Crippen LogP contribution in [0.25, 0.3) is 0 Å². The first-order chi connectivity index (χ1) is 10.0. The Balaban J connectivity index is 1.97. The zero-order valence-corrected chi connectivity index (χ0v) is 13.6. The summed E-state index contributed by atoms with van der Waals surface area (Å²) in [5.74, 6) is 0. The van der Waals surface area contributed by atoms with Crippen LogP contribution in [0, 0.1) is 0 Å². The van der Waals surface area contributed by atoms with E-state index < -0.39 is 10.0 Å². The van der Waals surface area contributed by atoms with E-state index in [1.54, 1.807) is 18.2 Å². The van der Waals surface area contributed by atoms with Crippen molar-refractivity contribution >= 4 is 15.7 Å². The predicted octanol–water partition coefficient (Wildman–Crippen LogP) is 1.88. The van der Waals surface area contributed by atoms with Gasteiger partial charge in [-0.15, -0.1) is 0 Å². The van der Waals surface area contributed by atoms with Crippen LogP contribution in [0.15, 0.2) is 29.2 Å². The summed E-state index contributed by atoms with van der Waals surface area (Å²) in [4.78, 5) is 2.54. The Bertz CT molecular complexity index is 556. The minimum atomic E-state index is -3.46. The number of para-hydroxylation sites is 1. The van der Waals surface area contributed by atoms with Crippen molar-refractivity contribution in [1.29, 1.82) is 0 Å². The van der Waals surface area contributed by atoms with Crippen LogP contribution in [-0.2, 0) is 10.0 Å². The van der Waals surface area contributed by atoms with E-state index in [-0.39, 0.29) is 0 Å². The van der Waals surface area contributed by atoms with E-state index in [2.05, 4.69) is 21.9 Å². The van der Waals surface area contributed by atoms with E-state index in [1.165, 1.54) is 12.8 Å². The molecule has 1 aromatic carbocycles. The number of hydrogen-bond donors (Lipinski definition) is 2. The van der Waals surface area contributed by atoms with Gasteiger partial charge in [-0.05, 0) is 38.4 Å².